The van der Waals surface area contributed by atoms with E-state index in [1.54, 1.807) is 35.7 Å². The van der Waals surface area contributed by atoms with Crippen molar-refractivity contribution in [3.8, 4) is 11.5 Å². The number of nitro benzene ring substituents is 1. The van der Waals surface area contributed by atoms with Crippen molar-refractivity contribution in [1.29, 1.82) is 0 Å². The molecule has 1 atom stereocenters. The lowest BCUT2D eigenvalue weighted by molar-refractivity contribution is -0.385. The Balaban J connectivity index is 1.62. The minimum absolute atomic E-state index is 0.0384. The summed E-state index contributed by atoms with van der Waals surface area (Å²) in [6, 6.07) is 10.3. The van der Waals surface area contributed by atoms with Crippen LogP contribution in [-0.2, 0) is 0 Å². The molecule has 0 N–H and O–H groups in total. The van der Waals surface area contributed by atoms with Crippen LogP contribution < -0.4 is 9.47 Å². The Morgan fingerprint density at radius 1 is 1.19 bits per heavy atom. The van der Waals surface area contributed by atoms with E-state index in [-0.39, 0.29) is 17.0 Å². The van der Waals surface area contributed by atoms with E-state index in [2.05, 4.69) is 0 Å². The molecule has 1 amide bonds. The molecule has 0 spiro atoms. The van der Waals surface area contributed by atoms with Crippen LogP contribution in [0.1, 0.15) is 26.9 Å². The van der Waals surface area contributed by atoms with Gasteiger partial charge in [-0.2, -0.15) is 0 Å². The monoisotopic (exact) mass is 386 g/mol. The maximum atomic E-state index is 13.0. The molecule has 0 aromatic heterocycles. The molecule has 7 nitrogen and oxygen atoms in total. The fourth-order valence-electron chi connectivity index (χ4n) is 3.27. The Morgan fingerprint density at radius 2 is 1.96 bits per heavy atom. The van der Waals surface area contributed by atoms with Crippen molar-refractivity contribution < 1.29 is 19.2 Å². The van der Waals surface area contributed by atoms with Crippen LogP contribution in [0.5, 0.6) is 11.5 Å². The second-order valence-corrected chi connectivity index (χ2v) is 7.57. The molecular weight excluding hydrogens is 368 g/mol. The lowest BCUT2D eigenvalue weighted by atomic mass is 10.1. The average molecular weight is 386 g/mol. The first-order valence-electron chi connectivity index (χ1n) is 8.62. The number of rotatable bonds is 3. The highest BCUT2D eigenvalue weighted by Gasteiger charge is 2.32. The zero-order valence-electron chi connectivity index (χ0n) is 14.7. The number of hydrogen-bond acceptors (Lipinski definition) is 6. The van der Waals surface area contributed by atoms with E-state index in [1.807, 2.05) is 18.2 Å². The van der Waals surface area contributed by atoms with Gasteiger partial charge in [0, 0.05) is 29.5 Å². The molecule has 8 heteroatoms. The van der Waals surface area contributed by atoms with E-state index in [4.69, 9.17) is 9.47 Å². The Labute approximate surface area is 160 Å². The van der Waals surface area contributed by atoms with Crippen LogP contribution in [0.3, 0.4) is 0 Å². The molecule has 140 valence electrons. The van der Waals surface area contributed by atoms with Crippen LogP contribution in [0, 0.1) is 17.0 Å². The van der Waals surface area contributed by atoms with Crippen LogP contribution in [-0.4, -0.2) is 41.2 Å². The summed E-state index contributed by atoms with van der Waals surface area (Å²) in [5.41, 5.74) is 1.79. The minimum Gasteiger partial charge on any atom is -0.486 e. The summed E-state index contributed by atoms with van der Waals surface area (Å²) >= 11 is 1.67. The summed E-state index contributed by atoms with van der Waals surface area (Å²) in [6.07, 6.45) is 0. The van der Waals surface area contributed by atoms with Gasteiger partial charge in [-0.25, -0.2) is 0 Å². The van der Waals surface area contributed by atoms with Gasteiger partial charge >= 0.3 is 0 Å². The van der Waals surface area contributed by atoms with Crippen LogP contribution in [0.15, 0.2) is 36.4 Å². The number of aryl methyl sites for hydroxylation is 1. The molecule has 27 heavy (non-hydrogen) atoms. The highest BCUT2D eigenvalue weighted by Crippen LogP contribution is 2.42. The van der Waals surface area contributed by atoms with Gasteiger partial charge in [-0.05, 0) is 30.7 Å². The fourth-order valence-corrected chi connectivity index (χ4v) is 4.52. The third-order valence-electron chi connectivity index (χ3n) is 4.66. The van der Waals surface area contributed by atoms with Gasteiger partial charge in [0.25, 0.3) is 11.6 Å². The number of carbonyl (C=O) groups is 1. The molecule has 2 aromatic carbocycles. The molecule has 2 aliphatic rings. The zero-order chi connectivity index (χ0) is 19.0. The number of hydrogen-bond donors (Lipinski definition) is 0. The Hall–Kier alpha value is -2.74. The standard InChI is InChI=1S/C19H18N2O5S/c1-12-2-3-13(10-15(12)21(23)24)18(22)20-6-9-27-19(20)14-4-5-16-17(11-14)26-8-7-25-16/h2-5,10-11,19H,6-9H2,1H3/t19-/m0/s1. The van der Waals surface area contributed by atoms with E-state index in [0.29, 0.717) is 42.4 Å². The molecule has 0 bridgehead atoms. The number of fused-ring (bicyclic) bond motifs is 1. The van der Waals surface area contributed by atoms with Gasteiger partial charge in [0.15, 0.2) is 11.5 Å². The lowest BCUT2D eigenvalue weighted by Gasteiger charge is -2.26. The van der Waals surface area contributed by atoms with E-state index in [0.717, 1.165) is 11.3 Å². The first-order valence-corrected chi connectivity index (χ1v) is 9.66. The third kappa shape index (κ3) is 3.32. The highest BCUT2D eigenvalue weighted by atomic mass is 32.2. The maximum Gasteiger partial charge on any atom is 0.273 e. The number of thioether (sulfide) groups is 1. The topological polar surface area (TPSA) is 81.9 Å². The number of nitrogens with zero attached hydrogens (tertiary/aromatic N) is 2. The summed E-state index contributed by atoms with van der Waals surface area (Å²) in [5.74, 6) is 1.99. The van der Waals surface area contributed by atoms with E-state index >= 15 is 0 Å². The summed E-state index contributed by atoms with van der Waals surface area (Å²) in [5, 5.41) is 11.0. The zero-order valence-corrected chi connectivity index (χ0v) is 15.5. The summed E-state index contributed by atoms with van der Waals surface area (Å²) in [4.78, 5) is 25.5. The number of carbonyl (C=O) groups excluding carboxylic acids is 1. The SMILES string of the molecule is Cc1ccc(C(=O)N2CCS[C@H]2c2ccc3c(c2)OCCO3)cc1[N+](=O)[O-]. The second-order valence-electron chi connectivity index (χ2n) is 6.38. The van der Waals surface area contributed by atoms with Crippen molar-refractivity contribution in [3.05, 3.63) is 63.2 Å². The van der Waals surface area contributed by atoms with Crippen molar-refractivity contribution in [3.63, 3.8) is 0 Å². The van der Waals surface area contributed by atoms with Crippen molar-refractivity contribution >= 4 is 23.4 Å². The normalized spacial score (nSPS) is 18.4. The van der Waals surface area contributed by atoms with Crippen LogP contribution in [0.4, 0.5) is 5.69 Å². The number of ether oxygens (including phenoxy) is 2. The van der Waals surface area contributed by atoms with Gasteiger partial charge in [-0.15, -0.1) is 11.8 Å². The smallest absolute Gasteiger partial charge is 0.273 e. The molecule has 4 rings (SSSR count). The molecule has 0 saturated carbocycles. The first kappa shape index (κ1) is 17.7. The largest absolute Gasteiger partial charge is 0.486 e. The number of benzene rings is 2. The second kappa shape index (κ2) is 7.11. The minimum atomic E-state index is -0.455. The molecule has 2 aromatic rings. The fraction of sp³-hybridized carbons (Fsp3) is 0.316. The van der Waals surface area contributed by atoms with E-state index in [9.17, 15) is 14.9 Å². The van der Waals surface area contributed by atoms with Gasteiger partial charge in [0.05, 0.1) is 4.92 Å². The van der Waals surface area contributed by atoms with Gasteiger partial charge in [-0.3, -0.25) is 14.9 Å². The van der Waals surface area contributed by atoms with Crippen LogP contribution in [0.25, 0.3) is 0 Å². The molecule has 0 radical (unpaired) electrons. The molecular formula is C19H18N2O5S. The first-order chi connectivity index (χ1) is 13.0. The van der Waals surface area contributed by atoms with Crippen LogP contribution in [0.2, 0.25) is 0 Å². The maximum absolute atomic E-state index is 13.0. The molecule has 2 aliphatic heterocycles. The predicted molar refractivity (Wildman–Crippen MR) is 102 cm³/mol. The molecule has 1 fully saturated rings. The van der Waals surface area contributed by atoms with E-state index < -0.39 is 4.92 Å². The van der Waals surface area contributed by atoms with Crippen molar-refractivity contribution in [1.82, 2.24) is 4.90 Å². The molecule has 0 unspecified atom stereocenters. The average Bonchev–Trinajstić information content (AvgIpc) is 3.17. The predicted octanol–water partition coefficient (Wildman–Crippen LogP) is 3.56. The Morgan fingerprint density at radius 3 is 2.74 bits per heavy atom. The Bertz CT molecular complexity index is 917. The number of amides is 1. The molecule has 1 saturated heterocycles. The van der Waals surface area contributed by atoms with Crippen molar-refractivity contribution in [2.75, 3.05) is 25.5 Å². The van der Waals surface area contributed by atoms with Crippen molar-refractivity contribution in [2.24, 2.45) is 0 Å². The summed E-state index contributed by atoms with van der Waals surface area (Å²) in [6.45, 7) is 3.28. The number of nitro groups is 1. The van der Waals surface area contributed by atoms with Crippen molar-refractivity contribution in [2.45, 2.75) is 12.3 Å². The third-order valence-corrected chi connectivity index (χ3v) is 5.92. The van der Waals surface area contributed by atoms with Gasteiger partial charge < -0.3 is 14.4 Å². The van der Waals surface area contributed by atoms with Gasteiger partial charge in [0.2, 0.25) is 0 Å². The highest BCUT2D eigenvalue weighted by molar-refractivity contribution is 7.99. The lowest BCUT2D eigenvalue weighted by Crippen LogP contribution is -2.30. The Kier molecular flexibility index (Phi) is 4.65. The van der Waals surface area contributed by atoms with E-state index in [1.165, 1.54) is 6.07 Å². The molecule has 2 heterocycles. The quantitative estimate of drug-likeness (QED) is 0.593. The van der Waals surface area contributed by atoms with Gasteiger partial charge in [-0.1, -0.05) is 12.1 Å². The van der Waals surface area contributed by atoms with Crippen LogP contribution >= 0.6 is 11.8 Å². The molecule has 0 aliphatic carbocycles. The van der Waals surface area contributed by atoms with Gasteiger partial charge in [0.1, 0.15) is 18.6 Å². The summed E-state index contributed by atoms with van der Waals surface area (Å²) < 4.78 is 11.2. The summed E-state index contributed by atoms with van der Waals surface area (Å²) in [7, 11) is 0.